The van der Waals surface area contributed by atoms with Crippen molar-refractivity contribution in [2.45, 2.75) is 136 Å². The first kappa shape index (κ1) is 43.3. The number of hydrogen-bond acceptors (Lipinski definition) is 10. The molecule has 3 heterocycles. The smallest absolute Gasteiger partial charge is 0.319 e. The molecule has 1 aromatic rings. The lowest BCUT2D eigenvalue weighted by Gasteiger charge is -2.47. The summed E-state index contributed by atoms with van der Waals surface area (Å²) in [6.45, 7) is 18.5. The number of aryl methyl sites for hydroxylation is 1. The van der Waals surface area contributed by atoms with E-state index in [1.807, 2.05) is 68.9 Å². The number of rotatable bonds is 9. The Hall–Kier alpha value is -2.41. The van der Waals surface area contributed by atoms with E-state index in [-0.39, 0.29) is 42.4 Å². The van der Waals surface area contributed by atoms with Gasteiger partial charge in [-0.2, -0.15) is 0 Å². The number of ether oxygens (including phenoxy) is 4. The molecule has 0 bridgehead atoms. The third-order valence-electron chi connectivity index (χ3n) is 12.1. The van der Waals surface area contributed by atoms with Crippen LogP contribution in [0, 0.1) is 30.1 Å². The van der Waals surface area contributed by atoms with E-state index in [9.17, 15) is 19.5 Å². The molecular formula is C42H69N3O8. The summed E-state index contributed by atoms with van der Waals surface area (Å²) < 4.78 is 25.3. The molecule has 3 saturated heterocycles. The summed E-state index contributed by atoms with van der Waals surface area (Å²) >= 11 is 0. The first-order valence-corrected chi connectivity index (χ1v) is 19.9. The van der Waals surface area contributed by atoms with Crippen molar-refractivity contribution in [3.63, 3.8) is 0 Å². The fourth-order valence-electron chi connectivity index (χ4n) is 8.97. The molecule has 0 spiro atoms. The van der Waals surface area contributed by atoms with Gasteiger partial charge in [-0.15, -0.1) is 0 Å². The Morgan fingerprint density at radius 2 is 1.77 bits per heavy atom. The average molecular weight is 744 g/mol. The van der Waals surface area contributed by atoms with Gasteiger partial charge in [0.1, 0.15) is 18.1 Å². The summed E-state index contributed by atoms with van der Waals surface area (Å²) in [7, 11) is 5.49. The molecule has 300 valence electrons. The van der Waals surface area contributed by atoms with Crippen molar-refractivity contribution in [2.75, 3.05) is 54.0 Å². The maximum atomic E-state index is 14.4. The van der Waals surface area contributed by atoms with Crippen molar-refractivity contribution >= 4 is 17.7 Å². The SMILES string of the molecule is CCCN1C[C@H](C)C[C@@](C)(OC)[C@H](O[C@@H]2O[C@H](C)C[C@H](N(C)C)[C@H]2O)[C@@H](C)C(=O)C(C)(C)C(=O)OC[C@H]1CC1CCN(C(=O)c2cccc(C)c2)CC1. The number of aliphatic hydroxyl groups excluding tert-OH is 1. The van der Waals surface area contributed by atoms with Crippen LogP contribution in [0.15, 0.2) is 24.3 Å². The van der Waals surface area contributed by atoms with Gasteiger partial charge < -0.3 is 33.9 Å². The number of Topliss-reactive ketones (excluding diaryl/α,β-unsaturated/α-hetero) is 1. The standard InChI is InChI=1S/C42H69N3O8/c1-12-18-45-25-28(3)24-42(8,50-11)37(53-39-35(46)34(43(9)10)22-29(4)52-39)30(5)36(47)41(6,7)40(49)51-26-33(45)23-31-16-19-44(20-17-31)38(48)32-15-13-14-27(2)21-32/h13-15,21,28-31,33-35,37,39,46H,12,16-20,22-26H2,1-11H3/t28-,29-,30+,33-,34+,35-,37-,39+,42-/m1/s1. The number of benzene rings is 1. The first-order valence-electron chi connectivity index (χ1n) is 19.9. The van der Waals surface area contributed by atoms with Crippen LogP contribution < -0.4 is 0 Å². The zero-order chi connectivity index (χ0) is 39.2. The number of likely N-dealkylation sites (N-methyl/N-ethyl adjacent to an activating group) is 1. The third-order valence-corrected chi connectivity index (χ3v) is 12.1. The number of nitrogens with zero attached hydrogens (tertiary/aromatic N) is 3. The number of amides is 1. The fraction of sp³-hybridized carbons (Fsp3) is 0.786. The Morgan fingerprint density at radius 1 is 1.09 bits per heavy atom. The van der Waals surface area contributed by atoms with Gasteiger partial charge in [-0.1, -0.05) is 38.5 Å². The van der Waals surface area contributed by atoms with Crippen LogP contribution in [0.1, 0.15) is 103 Å². The molecule has 0 saturated carbocycles. The second-order valence-electron chi connectivity index (χ2n) is 17.3. The summed E-state index contributed by atoms with van der Waals surface area (Å²) in [5.74, 6) is -1.10. The van der Waals surface area contributed by atoms with Crippen LogP contribution in [0.25, 0.3) is 0 Å². The van der Waals surface area contributed by atoms with Crippen LogP contribution in [-0.4, -0.2) is 134 Å². The molecule has 53 heavy (non-hydrogen) atoms. The summed E-state index contributed by atoms with van der Waals surface area (Å²) in [6.07, 6.45) is 1.79. The lowest BCUT2D eigenvalue weighted by Crippen LogP contribution is -2.59. The maximum absolute atomic E-state index is 14.4. The van der Waals surface area contributed by atoms with Crippen molar-refractivity contribution in [1.82, 2.24) is 14.7 Å². The highest BCUT2D eigenvalue weighted by atomic mass is 16.7. The van der Waals surface area contributed by atoms with Crippen LogP contribution in [0.3, 0.4) is 0 Å². The van der Waals surface area contributed by atoms with Gasteiger partial charge in [0.15, 0.2) is 12.1 Å². The van der Waals surface area contributed by atoms with E-state index in [2.05, 4.69) is 18.7 Å². The number of piperidine rings is 1. The lowest BCUT2D eigenvalue weighted by atomic mass is 9.74. The topological polar surface area (TPSA) is 118 Å². The van der Waals surface area contributed by atoms with E-state index in [0.29, 0.717) is 31.8 Å². The van der Waals surface area contributed by atoms with Crippen LogP contribution >= 0.6 is 0 Å². The van der Waals surface area contributed by atoms with Gasteiger partial charge in [-0.05, 0) is 118 Å². The van der Waals surface area contributed by atoms with E-state index < -0.39 is 41.4 Å². The van der Waals surface area contributed by atoms with Crippen LogP contribution in [0.5, 0.6) is 0 Å². The van der Waals surface area contributed by atoms with Gasteiger partial charge in [0, 0.05) is 50.3 Å². The monoisotopic (exact) mass is 744 g/mol. The molecule has 11 heteroatoms. The average Bonchev–Trinajstić information content (AvgIpc) is 3.11. The fourth-order valence-corrected chi connectivity index (χ4v) is 8.97. The Labute approximate surface area is 319 Å². The molecule has 3 fully saturated rings. The first-order chi connectivity index (χ1) is 24.9. The molecule has 0 unspecified atom stereocenters. The largest absolute Gasteiger partial charge is 0.463 e. The number of cyclic esters (lactones) is 1. The lowest BCUT2D eigenvalue weighted by molar-refractivity contribution is -0.295. The predicted molar refractivity (Wildman–Crippen MR) is 205 cm³/mol. The third kappa shape index (κ3) is 10.5. The molecular weight excluding hydrogens is 674 g/mol. The number of hydrogen-bond donors (Lipinski definition) is 1. The Balaban J connectivity index is 1.59. The molecule has 0 aliphatic carbocycles. The van der Waals surface area contributed by atoms with E-state index in [1.54, 1.807) is 27.9 Å². The van der Waals surface area contributed by atoms with Gasteiger partial charge in [-0.25, -0.2) is 0 Å². The minimum absolute atomic E-state index is 0.0504. The van der Waals surface area contributed by atoms with E-state index >= 15 is 0 Å². The number of esters is 1. The number of carbonyl (C=O) groups excluding carboxylic acids is 3. The summed E-state index contributed by atoms with van der Waals surface area (Å²) in [5.41, 5.74) is -0.612. The highest BCUT2D eigenvalue weighted by molar-refractivity contribution is 6.04. The molecule has 3 aliphatic heterocycles. The van der Waals surface area contributed by atoms with E-state index in [4.69, 9.17) is 18.9 Å². The second kappa shape index (κ2) is 18.5. The maximum Gasteiger partial charge on any atom is 0.319 e. The summed E-state index contributed by atoms with van der Waals surface area (Å²) in [5, 5.41) is 11.4. The number of methoxy groups -OCH3 is 1. The molecule has 0 radical (unpaired) electrons. The number of likely N-dealkylation sites (tertiary alicyclic amines) is 1. The van der Waals surface area contributed by atoms with Gasteiger partial charge in [-0.3, -0.25) is 19.3 Å². The number of aliphatic hydroxyl groups is 1. The number of carbonyl (C=O) groups is 3. The predicted octanol–water partition coefficient (Wildman–Crippen LogP) is 5.35. The summed E-state index contributed by atoms with van der Waals surface area (Å²) in [4.78, 5) is 48.0. The van der Waals surface area contributed by atoms with Crippen molar-refractivity contribution in [3.05, 3.63) is 35.4 Å². The van der Waals surface area contributed by atoms with Crippen molar-refractivity contribution < 1.29 is 38.4 Å². The normalized spacial score (nSPS) is 34.2. The molecule has 3 aliphatic rings. The second-order valence-corrected chi connectivity index (χ2v) is 17.3. The Morgan fingerprint density at radius 3 is 2.38 bits per heavy atom. The quantitative estimate of drug-likeness (QED) is 0.262. The molecule has 1 aromatic carbocycles. The van der Waals surface area contributed by atoms with Crippen LogP contribution in [0.2, 0.25) is 0 Å². The van der Waals surface area contributed by atoms with Gasteiger partial charge in [0.05, 0.1) is 17.8 Å². The van der Waals surface area contributed by atoms with Crippen molar-refractivity contribution in [2.24, 2.45) is 23.2 Å². The van der Waals surface area contributed by atoms with Gasteiger partial charge in [0.25, 0.3) is 5.91 Å². The van der Waals surface area contributed by atoms with Crippen LogP contribution in [0.4, 0.5) is 0 Å². The molecule has 1 amide bonds. The zero-order valence-corrected chi connectivity index (χ0v) is 34.4. The molecule has 1 N–H and O–H groups in total. The van der Waals surface area contributed by atoms with E-state index in [0.717, 1.165) is 49.9 Å². The minimum Gasteiger partial charge on any atom is -0.463 e. The van der Waals surface area contributed by atoms with Gasteiger partial charge in [0.2, 0.25) is 0 Å². The van der Waals surface area contributed by atoms with Crippen molar-refractivity contribution in [3.8, 4) is 0 Å². The summed E-state index contributed by atoms with van der Waals surface area (Å²) in [6, 6.07) is 7.52. The highest BCUT2D eigenvalue weighted by Crippen LogP contribution is 2.39. The number of ketones is 1. The molecule has 4 rings (SSSR count). The highest BCUT2D eigenvalue weighted by Gasteiger charge is 2.51. The molecule has 9 atom stereocenters. The van der Waals surface area contributed by atoms with Crippen molar-refractivity contribution in [1.29, 1.82) is 0 Å². The Kier molecular flexibility index (Phi) is 15.1. The molecule has 0 aromatic heterocycles. The zero-order valence-electron chi connectivity index (χ0n) is 34.4. The molecule has 11 nitrogen and oxygen atoms in total. The minimum atomic E-state index is -1.46. The van der Waals surface area contributed by atoms with Gasteiger partial charge >= 0.3 is 5.97 Å². The van der Waals surface area contributed by atoms with E-state index in [1.165, 1.54) is 0 Å². The Bertz CT molecular complexity index is 1380. The van der Waals surface area contributed by atoms with Crippen LogP contribution in [-0.2, 0) is 28.5 Å².